The maximum atomic E-state index is 15.5. The molecule has 1 aliphatic heterocycles. The molecule has 1 fully saturated rings. The minimum absolute atomic E-state index is 0.0786. The summed E-state index contributed by atoms with van der Waals surface area (Å²) in [7, 11) is 0. The molecule has 2 aliphatic rings. The highest BCUT2D eigenvalue weighted by atomic mass is 19.1. The van der Waals surface area contributed by atoms with E-state index < -0.39 is 80.0 Å². The Labute approximate surface area is 251 Å². The van der Waals surface area contributed by atoms with E-state index in [1.54, 1.807) is 0 Å². The normalized spacial score (nSPS) is 22.9. The number of rotatable bonds is 10. The van der Waals surface area contributed by atoms with Crippen molar-refractivity contribution >= 4 is 30.0 Å². The maximum Gasteiger partial charge on any atom is 0.407 e. The van der Waals surface area contributed by atoms with E-state index in [0.29, 0.717) is 0 Å². The summed E-state index contributed by atoms with van der Waals surface area (Å²) in [5, 5.41) is 12.0. The van der Waals surface area contributed by atoms with Gasteiger partial charge in [0.1, 0.15) is 19.3 Å². The van der Waals surface area contributed by atoms with Gasteiger partial charge in [0, 0.05) is 26.7 Å². The number of carbonyl (C=O) groups excluding carboxylic acids is 5. The number of benzene rings is 2. The van der Waals surface area contributed by atoms with Crippen molar-refractivity contribution in [2.75, 3.05) is 19.8 Å². The van der Waals surface area contributed by atoms with Crippen molar-refractivity contribution in [3.05, 3.63) is 59.7 Å². The smallest absolute Gasteiger partial charge is 0.407 e. The van der Waals surface area contributed by atoms with E-state index in [2.05, 4.69) is 5.32 Å². The fourth-order valence-electron chi connectivity index (χ4n) is 5.12. The predicted molar refractivity (Wildman–Crippen MR) is 146 cm³/mol. The zero-order valence-corrected chi connectivity index (χ0v) is 24.1. The van der Waals surface area contributed by atoms with Gasteiger partial charge in [-0.25, -0.2) is 14.0 Å². The number of alkyl halides is 1. The van der Waals surface area contributed by atoms with E-state index in [1.165, 1.54) is 0 Å². The van der Waals surface area contributed by atoms with E-state index in [0.717, 1.165) is 43.0 Å². The summed E-state index contributed by atoms with van der Waals surface area (Å²) < 4.78 is 46.4. The van der Waals surface area contributed by atoms with Gasteiger partial charge in [0.2, 0.25) is 12.5 Å². The third-order valence-corrected chi connectivity index (χ3v) is 6.96. The van der Waals surface area contributed by atoms with Crippen LogP contribution in [0.25, 0.3) is 11.1 Å². The van der Waals surface area contributed by atoms with Crippen molar-refractivity contribution < 1.29 is 61.9 Å². The average Bonchev–Trinajstić information content (AvgIpc) is 3.30. The van der Waals surface area contributed by atoms with Crippen molar-refractivity contribution in [2.45, 2.75) is 63.5 Å². The van der Waals surface area contributed by atoms with Gasteiger partial charge in [0.05, 0.1) is 6.61 Å². The summed E-state index contributed by atoms with van der Waals surface area (Å²) in [5.74, 6) is -4.15. The molecule has 4 rings (SSSR count). The van der Waals surface area contributed by atoms with Crippen LogP contribution in [0, 0.1) is 0 Å². The average molecular weight is 618 g/mol. The number of ether oxygens (including phenoxy) is 6. The Bertz CT molecular complexity index is 1350. The van der Waals surface area contributed by atoms with Crippen LogP contribution in [0.4, 0.5) is 9.18 Å². The lowest BCUT2D eigenvalue weighted by molar-refractivity contribution is -0.286. The molecule has 6 atom stereocenters. The van der Waals surface area contributed by atoms with Gasteiger partial charge < -0.3 is 38.8 Å². The van der Waals surface area contributed by atoms with Gasteiger partial charge >= 0.3 is 30.0 Å². The van der Waals surface area contributed by atoms with Gasteiger partial charge in [-0.05, 0) is 22.3 Å². The molecule has 2 N–H and O–H groups in total. The molecule has 13 nitrogen and oxygen atoms in total. The Morgan fingerprint density at radius 3 is 1.93 bits per heavy atom. The number of aliphatic hydroxyl groups excluding tert-OH is 1. The SMILES string of the molecule is CC(=O)OC[C@H]1O[C@H](OC(=O)[C@H](CO)NC(=O)OCC2c3ccccc3-c3ccccc32)[C@H](F)[C@@H](OC(C)=O)[C@@H]1OC(C)=O. The fourth-order valence-corrected chi connectivity index (χ4v) is 5.12. The first-order chi connectivity index (χ1) is 21.0. The van der Waals surface area contributed by atoms with Gasteiger partial charge in [0.25, 0.3) is 0 Å². The molecule has 0 bridgehead atoms. The van der Waals surface area contributed by atoms with Crippen molar-refractivity contribution in [2.24, 2.45) is 0 Å². The molecular formula is C30H32FNO12. The molecule has 0 radical (unpaired) electrons. The Kier molecular flexibility index (Phi) is 10.5. The van der Waals surface area contributed by atoms with E-state index in [-0.39, 0.29) is 12.5 Å². The third kappa shape index (κ3) is 7.50. The Hall–Kier alpha value is -4.56. The van der Waals surface area contributed by atoms with Crippen LogP contribution < -0.4 is 5.32 Å². The molecule has 2 aromatic rings. The Balaban J connectivity index is 1.42. The molecule has 236 valence electrons. The maximum absolute atomic E-state index is 15.5. The van der Waals surface area contributed by atoms with Crippen molar-refractivity contribution in [3.8, 4) is 11.1 Å². The monoisotopic (exact) mass is 617 g/mol. The van der Waals surface area contributed by atoms with Gasteiger partial charge in [-0.2, -0.15) is 0 Å². The minimum atomic E-state index is -2.38. The van der Waals surface area contributed by atoms with Crippen LogP contribution in [0.3, 0.4) is 0 Å². The highest BCUT2D eigenvalue weighted by Gasteiger charge is 2.52. The summed E-state index contributed by atoms with van der Waals surface area (Å²) in [6.07, 6.45) is -10.3. The first kappa shape index (κ1) is 32.4. The van der Waals surface area contributed by atoms with Gasteiger partial charge in [-0.15, -0.1) is 0 Å². The number of hydrogen-bond donors (Lipinski definition) is 2. The van der Waals surface area contributed by atoms with Gasteiger partial charge in [-0.1, -0.05) is 48.5 Å². The van der Waals surface area contributed by atoms with Gasteiger partial charge in [-0.3, -0.25) is 14.4 Å². The topological polar surface area (TPSA) is 173 Å². The molecule has 1 saturated heterocycles. The molecular weight excluding hydrogens is 585 g/mol. The molecule has 2 aromatic carbocycles. The molecule has 0 spiro atoms. The van der Waals surface area contributed by atoms with Crippen molar-refractivity contribution in [3.63, 3.8) is 0 Å². The zero-order chi connectivity index (χ0) is 32.0. The first-order valence-corrected chi connectivity index (χ1v) is 13.7. The highest BCUT2D eigenvalue weighted by Crippen LogP contribution is 2.44. The number of amides is 1. The number of nitrogens with one attached hydrogen (secondary N) is 1. The number of aliphatic hydroxyl groups is 1. The Morgan fingerprint density at radius 1 is 0.818 bits per heavy atom. The number of halogens is 1. The van der Waals surface area contributed by atoms with Crippen LogP contribution in [0.15, 0.2) is 48.5 Å². The lowest BCUT2D eigenvalue weighted by atomic mass is 9.98. The van der Waals surface area contributed by atoms with Crippen LogP contribution in [-0.4, -0.2) is 91.7 Å². The van der Waals surface area contributed by atoms with E-state index in [4.69, 9.17) is 28.4 Å². The molecule has 0 saturated carbocycles. The van der Waals surface area contributed by atoms with Gasteiger partial charge in [0.15, 0.2) is 18.2 Å². The minimum Gasteiger partial charge on any atom is -0.463 e. The van der Waals surface area contributed by atoms with Crippen molar-refractivity contribution in [1.29, 1.82) is 0 Å². The zero-order valence-electron chi connectivity index (χ0n) is 24.1. The van der Waals surface area contributed by atoms with Crippen LogP contribution >= 0.6 is 0 Å². The van der Waals surface area contributed by atoms with Crippen LogP contribution in [0.2, 0.25) is 0 Å². The molecule has 1 aliphatic carbocycles. The second kappa shape index (κ2) is 14.3. The quantitative estimate of drug-likeness (QED) is 0.293. The second-order valence-electron chi connectivity index (χ2n) is 10.1. The molecule has 0 unspecified atom stereocenters. The third-order valence-electron chi connectivity index (χ3n) is 6.96. The van der Waals surface area contributed by atoms with E-state index in [1.807, 2.05) is 48.5 Å². The fraction of sp³-hybridized carbons (Fsp3) is 0.433. The first-order valence-electron chi connectivity index (χ1n) is 13.7. The summed E-state index contributed by atoms with van der Waals surface area (Å²) in [6, 6.07) is 13.6. The molecule has 1 amide bonds. The molecule has 44 heavy (non-hydrogen) atoms. The van der Waals surface area contributed by atoms with Crippen LogP contribution in [0.1, 0.15) is 37.8 Å². The summed E-state index contributed by atoms with van der Waals surface area (Å²) >= 11 is 0. The number of fused-ring (bicyclic) bond motifs is 3. The number of hydrogen-bond acceptors (Lipinski definition) is 12. The predicted octanol–water partition coefficient (Wildman–Crippen LogP) is 1.92. The van der Waals surface area contributed by atoms with E-state index >= 15 is 4.39 Å². The molecule has 14 heteroatoms. The van der Waals surface area contributed by atoms with Crippen LogP contribution in [-0.2, 0) is 47.6 Å². The summed E-state index contributed by atoms with van der Waals surface area (Å²) in [5.41, 5.74) is 3.94. The molecule has 1 heterocycles. The van der Waals surface area contributed by atoms with Crippen molar-refractivity contribution in [1.82, 2.24) is 5.32 Å². The number of carbonyl (C=O) groups is 5. The highest BCUT2D eigenvalue weighted by molar-refractivity contribution is 5.82. The number of alkyl carbamates (subject to hydrolysis) is 1. The summed E-state index contributed by atoms with van der Waals surface area (Å²) in [4.78, 5) is 60.3. The molecule has 0 aromatic heterocycles. The summed E-state index contributed by atoms with van der Waals surface area (Å²) in [6.45, 7) is 1.48. The standard InChI is InChI=1S/C30H32FNO12/c1-15(34)39-14-24-26(41-16(2)35)27(42-17(3)36)25(31)29(43-24)44-28(37)23(12-33)32-30(38)40-13-22-20-10-6-4-8-18(20)19-9-5-7-11-21(19)22/h4-11,22-27,29,33H,12-14H2,1-3H3,(H,32,38)/t23-,24+,25+,26+,27+,29+/m0/s1. The lowest BCUT2D eigenvalue weighted by Crippen LogP contribution is -2.61. The van der Waals surface area contributed by atoms with E-state index in [9.17, 15) is 29.1 Å². The largest absolute Gasteiger partial charge is 0.463 e. The second-order valence-corrected chi connectivity index (χ2v) is 10.1. The lowest BCUT2D eigenvalue weighted by Gasteiger charge is -2.41. The number of esters is 4. The Morgan fingerprint density at radius 2 is 1.39 bits per heavy atom. The van der Waals surface area contributed by atoms with Crippen LogP contribution in [0.5, 0.6) is 0 Å².